The number of nitrogens with zero attached hydrogens (tertiary/aromatic N) is 1. The molecule has 0 radical (unpaired) electrons. The molecule has 0 bridgehead atoms. The highest BCUT2D eigenvalue weighted by Crippen LogP contribution is 2.44. The minimum absolute atomic E-state index is 0.129. The summed E-state index contributed by atoms with van der Waals surface area (Å²) in [6, 6.07) is 31.7. The third-order valence-electron chi connectivity index (χ3n) is 7.19. The minimum atomic E-state index is -1.62. The summed E-state index contributed by atoms with van der Waals surface area (Å²) in [6.07, 6.45) is 5.90. The van der Waals surface area contributed by atoms with Crippen LogP contribution in [0, 0.1) is 0 Å². The van der Waals surface area contributed by atoms with Crippen LogP contribution >= 0.6 is 0 Å². The van der Waals surface area contributed by atoms with Gasteiger partial charge in [-0.3, -0.25) is 4.99 Å². The average Bonchev–Trinajstić information content (AvgIpc) is 3.01. The first kappa shape index (κ1) is 29.9. The summed E-state index contributed by atoms with van der Waals surface area (Å²) in [5.41, 5.74) is 1.23. The van der Waals surface area contributed by atoms with Crippen molar-refractivity contribution in [3.63, 3.8) is 0 Å². The number of hydrogen-bond donors (Lipinski definition) is 2. The van der Waals surface area contributed by atoms with E-state index in [1.807, 2.05) is 84.9 Å². The summed E-state index contributed by atoms with van der Waals surface area (Å²) >= 11 is 0. The molecular weight excluding hydrogens is 510 g/mol. The fourth-order valence-electron chi connectivity index (χ4n) is 4.88. The third-order valence-corrected chi connectivity index (χ3v) is 7.19. The Morgan fingerprint density at radius 1 is 0.707 bits per heavy atom. The molecule has 41 heavy (non-hydrogen) atoms. The van der Waals surface area contributed by atoms with Gasteiger partial charge in [0.15, 0.2) is 0 Å². The van der Waals surface area contributed by atoms with E-state index in [1.165, 1.54) is 0 Å². The zero-order valence-electron chi connectivity index (χ0n) is 24.1. The highest BCUT2D eigenvalue weighted by Gasteiger charge is 2.44. The predicted octanol–water partition coefficient (Wildman–Crippen LogP) is 7.72. The molecule has 5 nitrogen and oxygen atoms in total. The van der Waals surface area contributed by atoms with Crippen molar-refractivity contribution in [3.8, 4) is 17.2 Å². The van der Waals surface area contributed by atoms with Gasteiger partial charge in [-0.25, -0.2) is 0 Å². The molecule has 0 spiro atoms. The first-order valence-corrected chi connectivity index (χ1v) is 14.6. The first-order chi connectivity index (χ1) is 20.1. The molecule has 0 amide bonds. The zero-order valence-corrected chi connectivity index (χ0v) is 24.1. The Kier molecular flexibility index (Phi) is 11.0. The molecule has 0 saturated carbocycles. The monoisotopic (exact) mass is 551 g/mol. The topological polar surface area (TPSA) is 71.3 Å². The maximum atomic E-state index is 13.2. The number of phenolic OH excluding ortho intramolecular Hbond substituents is 1. The number of hydrogen-bond acceptors (Lipinski definition) is 5. The molecule has 0 heterocycles. The second kappa shape index (κ2) is 15.1. The highest BCUT2D eigenvalue weighted by molar-refractivity contribution is 5.83. The lowest BCUT2D eigenvalue weighted by Crippen LogP contribution is -2.42. The number of aromatic hydroxyl groups is 1. The predicted molar refractivity (Wildman–Crippen MR) is 166 cm³/mol. The van der Waals surface area contributed by atoms with Gasteiger partial charge < -0.3 is 19.7 Å². The van der Waals surface area contributed by atoms with Crippen LogP contribution in [-0.4, -0.2) is 35.7 Å². The van der Waals surface area contributed by atoms with Crippen LogP contribution in [0.2, 0.25) is 0 Å². The molecule has 5 heteroatoms. The summed E-state index contributed by atoms with van der Waals surface area (Å²) in [7, 11) is 0. The molecule has 4 aromatic rings. The third kappa shape index (κ3) is 7.56. The average molecular weight is 552 g/mol. The van der Waals surface area contributed by atoms with Crippen molar-refractivity contribution in [3.05, 3.63) is 125 Å². The lowest BCUT2D eigenvalue weighted by molar-refractivity contribution is 0.0463. The largest absolute Gasteiger partial charge is 0.507 e. The molecule has 0 aliphatic heterocycles. The number of ether oxygens (including phenoxy) is 2. The molecule has 0 aromatic heterocycles. The van der Waals surface area contributed by atoms with Gasteiger partial charge >= 0.3 is 0 Å². The van der Waals surface area contributed by atoms with E-state index in [9.17, 15) is 10.2 Å². The Labute approximate surface area is 244 Å². The van der Waals surface area contributed by atoms with Crippen LogP contribution in [0.3, 0.4) is 0 Å². The summed E-state index contributed by atoms with van der Waals surface area (Å²) in [4.78, 5) is 5.00. The fraction of sp³-hybridized carbons (Fsp3) is 0.306. The van der Waals surface area contributed by atoms with Crippen LogP contribution < -0.4 is 9.47 Å². The second-order valence-electron chi connectivity index (χ2n) is 10.2. The smallest absolute Gasteiger partial charge is 0.144 e. The molecule has 0 unspecified atom stereocenters. The van der Waals surface area contributed by atoms with Gasteiger partial charge in [0.1, 0.15) is 22.8 Å². The molecule has 4 aromatic carbocycles. The molecule has 2 N–H and O–H groups in total. The Morgan fingerprint density at radius 3 is 1.78 bits per heavy atom. The zero-order chi connectivity index (χ0) is 28.9. The van der Waals surface area contributed by atoms with Gasteiger partial charge in [0.05, 0.1) is 19.3 Å². The number of benzene rings is 4. The van der Waals surface area contributed by atoms with Gasteiger partial charge in [-0.05, 0) is 49.1 Å². The molecule has 1 atom stereocenters. The number of rotatable bonds is 15. The second-order valence-corrected chi connectivity index (χ2v) is 10.2. The van der Waals surface area contributed by atoms with Crippen molar-refractivity contribution in [2.45, 2.75) is 57.6 Å². The van der Waals surface area contributed by atoms with Crippen molar-refractivity contribution in [1.82, 2.24) is 0 Å². The fourth-order valence-corrected chi connectivity index (χ4v) is 4.88. The Bertz CT molecular complexity index is 1330. The molecule has 214 valence electrons. The lowest BCUT2D eigenvalue weighted by atomic mass is 9.77. The molecule has 0 saturated heterocycles. The van der Waals surface area contributed by atoms with Crippen molar-refractivity contribution in [2.24, 2.45) is 4.99 Å². The number of aliphatic imine (C=N–C) groups is 1. The quantitative estimate of drug-likeness (QED) is 0.117. The standard InChI is InChI=1S/C36H41NO4/c1-3-5-24-40-33-22-14-11-19-30(33)36(39,31-20-12-15-23-34(31)41-25-6-4-2)35(26-28-16-8-7-9-17-28)37-27-29-18-10-13-21-32(29)38/h7-23,27,35,38-39H,3-6,24-26H2,1-2H3/t35-/m0/s1. The first-order valence-electron chi connectivity index (χ1n) is 14.6. The van der Waals surface area contributed by atoms with E-state index in [-0.39, 0.29) is 5.75 Å². The Balaban J connectivity index is 1.92. The van der Waals surface area contributed by atoms with Crippen LogP contribution in [0.15, 0.2) is 108 Å². The van der Waals surface area contributed by atoms with Crippen LogP contribution in [0.25, 0.3) is 0 Å². The number of aliphatic hydroxyl groups is 1. The van der Waals surface area contributed by atoms with Crippen molar-refractivity contribution >= 4 is 6.21 Å². The van der Waals surface area contributed by atoms with Gasteiger partial charge in [-0.2, -0.15) is 0 Å². The molecular formula is C36H41NO4. The van der Waals surface area contributed by atoms with Crippen LogP contribution in [0.4, 0.5) is 0 Å². The maximum absolute atomic E-state index is 13.2. The number of para-hydroxylation sites is 3. The van der Waals surface area contributed by atoms with Crippen LogP contribution in [-0.2, 0) is 12.0 Å². The molecule has 0 aliphatic carbocycles. The van der Waals surface area contributed by atoms with E-state index >= 15 is 0 Å². The Hall–Kier alpha value is -4.09. The molecule has 0 aliphatic rings. The van der Waals surface area contributed by atoms with E-state index in [0.29, 0.717) is 47.8 Å². The van der Waals surface area contributed by atoms with E-state index in [1.54, 1.807) is 24.4 Å². The van der Waals surface area contributed by atoms with E-state index < -0.39 is 11.6 Å². The number of phenols is 1. The molecule has 4 rings (SSSR count). The summed E-state index contributed by atoms with van der Waals surface area (Å²) in [5.74, 6) is 1.36. The van der Waals surface area contributed by atoms with Gasteiger partial charge in [0.2, 0.25) is 0 Å². The van der Waals surface area contributed by atoms with E-state index in [2.05, 4.69) is 13.8 Å². The summed E-state index contributed by atoms with van der Waals surface area (Å²) in [5, 5.41) is 23.6. The van der Waals surface area contributed by atoms with Crippen molar-refractivity contribution in [1.29, 1.82) is 0 Å². The van der Waals surface area contributed by atoms with Crippen LogP contribution in [0.1, 0.15) is 61.8 Å². The van der Waals surface area contributed by atoms with Gasteiger partial charge in [-0.15, -0.1) is 0 Å². The van der Waals surface area contributed by atoms with Crippen molar-refractivity contribution < 1.29 is 19.7 Å². The SMILES string of the molecule is CCCCOc1ccccc1C(O)(c1ccccc1OCCCC)[C@H](Cc1ccccc1)N=Cc1ccccc1O. The lowest BCUT2D eigenvalue weighted by Gasteiger charge is -2.37. The maximum Gasteiger partial charge on any atom is 0.144 e. The summed E-state index contributed by atoms with van der Waals surface area (Å²) in [6.45, 7) is 5.34. The normalized spacial score (nSPS) is 12.4. The van der Waals surface area contributed by atoms with Crippen LogP contribution in [0.5, 0.6) is 17.2 Å². The van der Waals surface area contributed by atoms with E-state index in [4.69, 9.17) is 14.5 Å². The summed E-state index contributed by atoms with van der Waals surface area (Å²) < 4.78 is 12.5. The van der Waals surface area contributed by atoms with Crippen molar-refractivity contribution in [2.75, 3.05) is 13.2 Å². The van der Waals surface area contributed by atoms with Gasteiger partial charge in [-0.1, -0.05) is 106 Å². The Morgan fingerprint density at radius 2 is 1.22 bits per heavy atom. The van der Waals surface area contributed by atoms with Gasteiger partial charge in [0, 0.05) is 22.9 Å². The number of unbranched alkanes of at least 4 members (excludes halogenated alkanes) is 2. The van der Waals surface area contributed by atoms with Gasteiger partial charge in [0.25, 0.3) is 0 Å². The minimum Gasteiger partial charge on any atom is -0.507 e. The highest BCUT2D eigenvalue weighted by atomic mass is 16.5. The van der Waals surface area contributed by atoms with E-state index in [0.717, 1.165) is 31.2 Å². The molecule has 0 fully saturated rings.